The largest absolute Gasteiger partial charge is 0.396 e. The van der Waals surface area contributed by atoms with E-state index in [1.54, 1.807) is 6.07 Å². The van der Waals surface area contributed by atoms with E-state index in [0.29, 0.717) is 28.9 Å². The highest BCUT2D eigenvalue weighted by atomic mass is 16.3. The molecule has 4 N–H and O–H groups in total. The maximum Gasteiger partial charge on any atom is 0.149 e. The Morgan fingerprint density at radius 1 is 1.50 bits per heavy atom. The van der Waals surface area contributed by atoms with Crippen molar-refractivity contribution < 1.29 is 5.11 Å². The minimum absolute atomic E-state index is 0.253. The van der Waals surface area contributed by atoms with E-state index in [9.17, 15) is 5.11 Å². The number of anilines is 2. The van der Waals surface area contributed by atoms with Gasteiger partial charge in [-0.1, -0.05) is 6.42 Å². The van der Waals surface area contributed by atoms with Crippen molar-refractivity contribution in [3.05, 3.63) is 17.8 Å². The molecule has 0 bridgehead atoms. The van der Waals surface area contributed by atoms with Crippen LogP contribution in [0.15, 0.2) is 12.3 Å². The van der Waals surface area contributed by atoms with Gasteiger partial charge in [0.2, 0.25) is 0 Å². The molecule has 1 aliphatic carbocycles. The molecule has 2 atom stereocenters. The average Bonchev–Trinajstić information content (AvgIpc) is 2.84. The van der Waals surface area contributed by atoms with Crippen LogP contribution < -0.4 is 11.1 Å². The molecule has 5 nitrogen and oxygen atoms in total. The highest BCUT2D eigenvalue weighted by molar-refractivity contribution is 5.63. The van der Waals surface area contributed by atoms with E-state index in [0.717, 1.165) is 19.4 Å². The molecule has 96 valence electrons. The fourth-order valence-electron chi connectivity index (χ4n) is 2.54. The van der Waals surface area contributed by atoms with Crippen LogP contribution >= 0.6 is 0 Å². The molecule has 1 aromatic rings. The molecule has 2 rings (SSSR count). The summed E-state index contributed by atoms with van der Waals surface area (Å²) >= 11 is 0. The summed E-state index contributed by atoms with van der Waals surface area (Å²) in [5.41, 5.74) is 6.78. The summed E-state index contributed by atoms with van der Waals surface area (Å²) in [4.78, 5) is 4.14. The third-order valence-corrected chi connectivity index (χ3v) is 3.63. The van der Waals surface area contributed by atoms with Gasteiger partial charge in [0.1, 0.15) is 11.9 Å². The molecular formula is C13H18N4O. The fraction of sp³-hybridized carbons (Fsp3) is 0.538. The number of aliphatic hydroxyl groups is 1. The number of nitrogens with two attached hydrogens (primary N) is 1. The summed E-state index contributed by atoms with van der Waals surface area (Å²) in [6, 6.07) is 3.62. The number of aliphatic hydroxyl groups excluding tert-OH is 1. The lowest BCUT2D eigenvalue weighted by molar-refractivity contribution is 0.199. The highest BCUT2D eigenvalue weighted by Crippen LogP contribution is 2.31. The van der Waals surface area contributed by atoms with Gasteiger partial charge in [-0.2, -0.15) is 5.26 Å². The summed E-state index contributed by atoms with van der Waals surface area (Å²) in [6.45, 7) is 1.02. The molecule has 0 spiro atoms. The van der Waals surface area contributed by atoms with E-state index in [1.165, 1.54) is 12.6 Å². The number of nitrogens with one attached hydrogen (secondary N) is 1. The molecule has 2 unspecified atom stereocenters. The molecule has 1 saturated carbocycles. The summed E-state index contributed by atoms with van der Waals surface area (Å²) in [5.74, 6) is 1.49. The molecule has 0 radical (unpaired) electrons. The second-order valence-corrected chi connectivity index (χ2v) is 4.79. The predicted octanol–water partition coefficient (Wildman–Crippen LogP) is 1.36. The number of hydrogen-bond donors (Lipinski definition) is 3. The maximum atomic E-state index is 9.25. The van der Waals surface area contributed by atoms with E-state index in [2.05, 4.69) is 10.3 Å². The van der Waals surface area contributed by atoms with Crippen LogP contribution in [-0.4, -0.2) is 23.2 Å². The third kappa shape index (κ3) is 2.71. The number of nitriles is 1. The first-order chi connectivity index (χ1) is 8.74. The van der Waals surface area contributed by atoms with Gasteiger partial charge in [-0.3, -0.25) is 0 Å². The first-order valence-corrected chi connectivity index (χ1v) is 6.25. The molecule has 0 aromatic carbocycles. The Bertz CT molecular complexity index is 455. The van der Waals surface area contributed by atoms with Gasteiger partial charge < -0.3 is 16.2 Å². The molecule has 1 fully saturated rings. The van der Waals surface area contributed by atoms with Crippen LogP contribution in [0.5, 0.6) is 0 Å². The summed E-state index contributed by atoms with van der Waals surface area (Å²) in [5, 5.41) is 21.2. The van der Waals surface area contributed by atoms with Crippen molar-refractivity contribution in [1.82, 2.24) is 4.98 Å². The van der Waals surface area contributed by atoms with Crippen molar-refractivity contribution in [2.75, 3.05) is 24.2 Å². The molecule has 1 aromatic heterocycles. The Morgan fingerprint density at radius 3 is 2.94 bits per heavy atom. The Balaban J connectivity index is 1.96. The monoisotopic (exact) mass is 246 g/mol. The molecule has 18 heavy (non-hydrogen) atoms. The average molecular weight is 246 g/mol. The first kappa shape index (κ1) is 12.7. The number of rotatable bonds is 4. The van der Waals surface area contributed by atoms with Gasteiger partial charge >= 0.3 is 0 Å². The molecule has 0 aliphatic heterocycles. The van der Waals surface area contributed by atoms with Crippen molar-refractivity contribution in [3.63, 3.8) is 0 Å². The van der Waals surface area contributed by atoms with Crippen LogP contribution in [0.3, 0.4) is 0 Å². The van der Waals surface area contributed by atoms with Gasteiger partial charge in [0.25, 0.3) is 0 Å². The summed E-state index contributed by atoms with van der Waals surface area (Å²) < 4.78 is 0. The lowest BCUT2D eigenvalue weighted by Gasteiger charge is -2.18. The molecule has 1 heterocycles. The normalized spacial score (nSPS) is 22.7. The predicted molar refractivity (Wildman–Crippen MR) is 69.8 cm³/mol. The van der Waals surface area contributed by atoms with Crippen molar-refractivity contribution in [2.24, 2.45) is 11.8 Å². The molecular weight excluding hydrogens is 228 g/mol. The van der Waals surface area contributed by atoms with Gasteiger partial charge in [0.05, 0.1) is 11.3 Å². The van der Waals surface area contributed by atoms with E-state index in [4.69, 9.17) is 11.0 Å². The lowest BCUT2D eigenvalue weighted by Crippen LogP contribution is -2.21. The zero-order valence-electron chi connectivity index (χ0n) is 10.3. The van der Waals surface area contributed by atoms with Crippen LogP contribution in [0.1, 0.15) is 24.8 Å². The van der Waals surface area contributed by atoms with Gasteiger partial charge in [0, 0.05) is 19.3 Å². The van der Waals surface area contributed by atoms with E-state index >= 15 is 0 Å². The van der Waals surface area contributed by atoms with Crippen molar-refractivity contribution in [3.8, 4) is 6.07 Å². The Morgan fingerprint density at radius 2 is 2.28 bits per heavy atom. The number of aromatic nitrogens is 1. The van der Waals surface area contributed by atoms with Crippen molar-refractivity contribution in [1.29, 1.82) is 5.26 Å². The minimum Gasteiger partial charge on any atom is -0.396 e. The van der Waals surface area contributed by atoms with Crippen LogP contribution in [0.2, 0.25) is 0 Å². The van der Waals surface area contributed by atoms with Crippen molar-refractivity contribution in [2.45, 2.75) is 19.3 Å². The SMILES string of the molecule is N#Cc1cnc(NCC2CCCC2CO)c(N)c1. The van der Waals surface area contributed by atoms with Crippen LogP contribution in [0.25, 0.3) is 0 Å². The summed E-state index contributed by atoms with van der Waals surface area (Å²) in [6.07, 6.45) is 4.91. The number of pyridine rings is 1. The highest BCUT2D eigenvalue weighted by Gasteiger charge is 2.26. The van der Waals surface area contributed by atoms with Crippen molar-refractivity contribution >= 4 is 11.5 Å². The first-order valence-electron chi connectivity index (χ1n) is 6.25. The standard InChI is InChI=1S/C13H18N4O/c14-5-9-4-12(15)13(16-6-9)17-7-10-2-1-3-11(10)8-18/h4,6,10-11,18H,1-3,7-8,15H2,(H,16,17). The zero-order valence-corrected chi connectivity index (χ0v) is 10.3. The Labute approximate surface area is 107 Å². The number of nitrogen functional groups attached to an aromatic ring is 1. The molecule has 0 saturated heterocycles. The second-order valence-electron chi connectivity index (χ2n) is 4.79. The Kier molecular flexibility index (Phi) is 4.00. The van der Waals surface area contributed by atoms with E-state index < -0.39 is 0 Å². The minimum atomic E-state index is 0.253. The van der Waals surface area contributed by atoms with Gasteiger partial charge in [-0.05, 0) is 30.7 Å². The van der Waals surface area contributed by atoms with Gasteiger partial charge in [0.15, 0.2) is 0 Å². The lowest BCUT2D eigenvalue weighted by atomic mass is 9.97. The smallest absolute Gasteiger partial charge is 0.149 e. The molecule has 5 heteroatoms. The zero-order chi connectivity index (χ0) is 13.0. The van der Waals surface area contributed by atoms with Crippen LogP contribution in [0.4, 0.5) is 11.5 Å². The quantitative estimate of drug-likeness (QED) is 0.745. The topological polar surface area (TPSA) is 95.0 Å². The van der Waals surface area contributed by atoms with E-state index in [-0.39, 0.29) is 6.61 Å². The Hall–Kier alpha value is -1.80. The van der Waals surface area contributed by atoms with Crippen LogP contribution in [-0.2, 0) is 0 Å². The molecule has 0 amide bonds. The second kappa shape index (κ2) is 5.69. The van der Waals surface area contributed by atoms with E-state index in [1.807, 2.05) is 6.07 Å². The van der Waals surface area contributed by atoms with Crippen LogP contribution in [0, 0.1) is 23.2 Å². The van der Waals surface area contributed by atoms with Gasteiger partial charge in [-0.25, -0.2) is 4.98 Å². The maximum absolute atomic E-state index is 9.25. The number of hydrogen-bond acceptors (Lipinski definition) is 5. The third-order valence-electron chi connectivity index (χ3n) is 3.63. The number of nitrogens with zero attached hydrogens (tertiary/aromatic N) is 2. The fourth-order valence-corrected chi connectivity index (χ4v) is 2.54. The molecule has 1 aliphatic rings. The van der Waals surface area contributed by atoms with Gasteiger partial charge in [-0.15, -0.1) is 0 Å². The summed E-state index contributed by atoms with van der Waals surface area (Å²) in [7, 11) is 0.